The SMILES string of the molecule is CCCCOc1ccc(C#C/C=C/C2CCC(CCC3CCC(CCC)CC3)CC2)cc1. The Morgan fingerprint density at radius 2 is 1.38 bits per heavy atom. The van der Waals surface area contributed by atoms with Crippen molar-refractivity contribution in [2.75, 3.05) is 6.61 Å². The topological polar surface area (TPSA) is 9.23 Å². The van der Waals surface area contributed by atoms with E-state index in [0.717, 1.165) is 54.4 Å². The van der Waals surface area contributed by atoms with Gasteiger partial charge < -0.3 is 4.74 Å². The zero-order valence-corrected chi connectivity index (χ0v) is 20.8. The summed E-state index contributed by atoms with van der Waals surface area (Å²) in [7, 11) is 0. The maximum absolute atomic E-state index is 5.72. The van der Waals surface area contributed by atoms with Gasteiger partial charge in [0, 0.05) is 5.56 Å². The van der Waals surface area contributed by atoms with Crippen molar-refractivity contribution in [3.05, 3.63) is 42.0 Å². The average molecular weight is 435 g/mol. The van der Waals surface area contributed by atoms with Crippen molar-refractivity contribution in [3.63, 3.8) is 0 Å². The van der Waals surface area contributed by atoms with E-state index in [2.05, 4.69) is 50.0 Å². The molecule has 1 heteroatoms. The summed E-state index contributed by atoms with van der Waals surface area (Å²) in [5.74, 6) is 11.2. The second-order valence-electron chi connectivity index (χ2n) is 10.4. The molecule has 0 aromatic heterocycles. The Hall–Kier alpha value is -1.68. The molecule has 1 nitrogen and oxygen atoms in total. The molecule has 0 saturated heterocycles. The first-order valence-corrected chi connectivity index (χ1v) is 13.7. The van der Waals surface area contributed by atoms with Gasteiger partial charge in [0.2, 0.25) is 0 Å². The molecule has 32 heavy (non-hydrogen) atoms. The number of allylic oxidation sites excluding steroid dienone is 2. The van der Waals surface area contributed by atoms with Gasteiger partial charge in [-0.2, -0.15) is 0 Å². The second-order valence-corrected chi connectivity index (χ2v) is 10.4. The van der Waals surface area contributed by atoms with Crippen molar-refractivity contribution in [2.24, 2.45) is 23.7 Å². The van der Waals surface area contributed by atoms with Crippen LogP contribution in [0.15, 0.2) is 36.4 Å². The highest BCUT2D eigenvalue weighted by Gasteiger charge is 2.23. The van der Waals surface area contributed by atoms with Crippen LogP contribution in [0.5, 0.6) is 5.75 Å². The van der Waals surface area contributed by atoms with Crippen LogP contribution in [0.3, 0.4) is 0 Å². The van der Waals surface area contributed by atoms with E-state index >= 15 is 0 Å². The smallest absolute Gasteiger partial charge is 0.119 e. The third kappa shape index (κ3) is 9.05. The lowest BCUT2D eigenvalue weighted by atomic mass is 9.75. The van der Waals surface area contributed by atoms with E-state index in [9.17, 15) is 0 Å². The van der Waals surface area contributed by atoms with Crippen LogP contribution in [0.2, 0.25) is 0 Å². The van der Waals surface area contributed by atoms with E-state index in [4.69, 9.17) is 4.74 Å². The lowest BCUT2D eigenvalue weighted by Gasteiger charge is -2.31. The summed E-state index contributed by atoms with van der Waals surface area (Å²) in [6.45, 7) is 5.32. The molecule has 2 saturated carbocycles. The molecule has 0 spiro atoms. The van der Waals surface area contributed by atoms with E-state index < -0.39 is 0 Å². The molecule has 0 N–H and O–H groups in total. The zero-order valence-electron chi connectivity index (χ0n) is 20.8. The summed E-state index contributed by atoms with van der Waals surface area (Å²) in [5.41, 5.74) is 1.06. The second kappa shape index (κ2) is 14.5. The van der Waals surface area contributed by atoms with Crippen molar-refractivity contribution >= 4 is 0 Å². The molecular formula is C31H46O. The minimum atomic E-state index is 0.736. The van der Waals surface area contributed by atoms with Crippen molar-refractivity contribution in [1.82, 2.24) is 0 Å². The number of unbranched alkanes of at least 4 members (excludes halogenated alkanes) is 1. The van der Waals surface area contributed by atoms with Crippen LogP contribution in [-0.2, 0) is 0 Å². The number of ether oxygens (including phenoxy) is 1. The van der Waals surface area contributed by atoms with Gasteiger partial charge in [-0.3, -0.25) is 0 Å². The van der Waals surface area contributed by atoms with E-state index in [1.165, 1.54) is 77.0 Å². The monoisotopic (exact) mass is 434 g/mol. The van der Waals surface area contributed by atoms with Crippen molar-refractivity contribution in [3.8, 4) is 17.6 Å². The van der Waals surface area contributed by atoms with Gasteiger partial charge in [-0.05, 0) is 86.1 Å². The van der Waals surface area contributed by atoms with Gasteiger partial charge in [-0.25, -0.2) is 0 Å². The summed E-state index contributed by atoms with van der Waals surface area (Å²) < 4.78 is 5.72. The van der Waals surface area contributed by atoms with Gasteiger partial charge in [0.15, 0.2) is 0 Å². The summed E-state index contributed by atoms with van der Waals surface area (Å²) in [6, 6.07) is 8.18. The first-order valence-electron chi connectivity index (χ1n) is 13.7. The third-order valence-electron chi connectivity index (χ3n) is 7.83. The minimum Gasteiger partial charge on any atom is -0.494 e. The van der Waals surface area contributed by atoms with E-state index in [0.29, 0.717) is 0 Å². The van der Waals surface area contributed by atoms with Crippen molar-refractivity contribution < 1.29 is 4.74 Å². The fraction of sp³-hybridized carbons (Fsp3) is 0.677. The molecule has 176 valence electrons. The predicted octanol–water partition coefficient (Wildman–Crippen LogP) is 8.97. The predicted molar refractivity (Wildman–Crippen MR) is 138 cm³/mol. The first-order chi connectivity index (χ1) is 15.8. The molecular weight excluding hydrogens is 388 g/mol. The van der Waals surface area contributed by atoms with Gasteiger partial charge in [0.05, 0.1) is 6.61 Å². The van der Waals surface area contributed by atoms with Gasteiger partial charge in [-0.15, -0.1) is 0 Å². The molecule has 0 unspecified atom stereocenters. The molecule has 1 aromatic carbocycles. The largest absolute Gasteiger partial charge is 0.494 e. The summed E-state index contributed by atoms with van der Waals surface area (Å²) in [4.78, 5) is 0. The van der Waals surface area contributed by atoms with Gasteiger partial charge in [0.25, 0.3) is 0 Å². The maximum atomic E-state index is 5.72. The molecule has 0 atom stereocenters. The molecule has 0 heterocycles. The van der Waals surface area contributed by atoms with Crippen LogP contribution in [0, 0.1) is 35.5 Å². The van der Waals surface area contributed by atoms with E-state index in [-0.39, 0.29) is 0 Å². The molecule has 0 amide bonds. The fourth-order valence-corrected chi connectivity index (χ4v) is 5.64. The molecule has 1 aromatic rings. The summed E-state index contributed by atoms with van der Waals surface area (Å²) in [5, 5.41) is 0. The average Bonchev–Trinajstić information content (AvgIpc) is 2.83. The van der Waals surface area contributed by atoms with E-state index in [1.54, 1.807) is 0 Å². The Morgan fingerprint density at radius 3 is 1.97 bits per heavy atom. The Kier molecular flexibility index (Phi) is 11.3. The highest BCUT2D eigenvalue weighted by Crippen LogP contribution is 2.37. The lowest BCUT2D eigenvalue weighted by Crippen LogP contribution is -2.17. The highest BCUT2D eigenvalue weighted by atomic mass is 16.5. The van der Waals surface area contributed by atoms with Crippen LogP contribution in [-0.4, -0.2) is 6.61 Å². The molecule has 2 aliphatic rings. The molecule has 2 aliphatic carbocycles. The van der Waals surface area contributed by atoms with Crippen molar-refractivity contribution in [1.29, 1.82) is 0 Å². The molecule has 0 bridgehead atoms. The Labute approximate surface area is 198 Å². The third-order valence-corrected chi connectivity index (χ3v) is 7.83. The standard InChI is InChI=1S/C31H46O/c1-3-5-25-32-31-23-21-28(22-24-31)10-7-6-9-27-13-17-30(18-14-27)20-19-29-15-11-26(8-4-2)12-16-29/h6,9,21-24,26-27,29-30H,3-5,8,11-20,25H2,1-2H3/b9-6+. The van der Waals surface area contributed by atoms with Gasteiger partial charge >= 0.3 is 0 Å². The van der Waals surface area contributed by atoms with Crippen LogP contribution in [0.1, 0.15) is 109 Å². The van der Waals surface area contributed by atoms with Gasteiger partial charge in [0.1, 0.15) is 5.75 Å². The molecule has 2 fully saturated rings. The quantitative estimate of drug-likeness (QED) is 0.264. The first kappa shape index (κ1) is 25.0. The number of hydrogen-bond acceptors (Lipinski definition) is 1. The van der Waals surface area contributed by atoms with Crippen LogP contribution >= 0.6 is 0 Å². The normalized spacial score (nSPS) is 25.9. The zero-order chi connectivity index (χ0) is 22.4. The highest BCUT2D eigenvalue weighted by molar-refractivity contribution is 5.40. The lowest BCUT2D eigenvalue weighted by molar-refractivity contribution is 0.221. The molecule has 3 rings (SSSR count). The molecule has 0 aliphatic heterocycles. The van der Waals surface area contributed by atoms with Crippen molar-refractivity contribution in [2.45, 2.75) is 104 Å². The summed E-state index contributed by atoms with van der Waals surface area (Å²) >= 11 is 0. The van der Waals surface area contributed by atoms with Crippen LogP contribution in [0.25, 0.3) is 0 Å². The molecule has 0 radical (unpaired) electrons. The Morgan fingerprint density at radius 1 is 0.781 bits per heavy atom. The minimum absolute atomic E-state index is 0.736. The number of rotatable bonds is 10. The Bertz CT molecular complexity index is 703. The van der Waals surface area contributed by atoms with Gasteiger partial charge in [-0.1, -0.05) is 89.6 Å². The van der Waals surface area contributed by atoms with Crippen LogP contribution in [0.4, 0.5) is 0 Å². The summed E-state index contributed by atoms with van der Waals surface area (Å²) in [6.07, 6.45) is 24.1. The Balaban J connectivity index is 1.30. The van der Waals surface area contributed by atoms with E-state index in [1.807, 2.05) is 12.1 Å². The number of benzene rings is 1. The number of hydrogen-bond donors (Lipinski definition) is 0. The van der Waals surface area contributed by atoms with Crippen LogP contribution < -0.4 is 4.74 Å². The maximum Gasteiger partial charge on any atom is 0.119 e. The fourth-order valence-electron chi connectivity index (χ4n) is 5.64.